The molecular formula is C17H15BrN4O2S. The predicted molar refractivity (Wildman–Crippen MR) is 101 cm³/mol. The highest BCUT2D eigenvalue weighted by atomic mass is 79.9. The number of aromatic nitrogens is 3. The van der Waals surface area contributed by atoms with E-state index in [0.29, 0.717) is 22.7 Å². The highest BCUT2D eigenvalue weighted by molar-refractivity contribution is 9.10. The zero-order valence-corrected chi connectivity index (χ0v) is 15.8. The van der Waals surface area contributed by atoms with Crippen LogP contribution in [0.3, 0.4) is 0 Å². The summed E-state index contributed by atoms with van der Waals surface area (Å²) in [6.45, 7) is 0.436. The summed E-state index contributed by atoms with van der Waals surface area (Å²) in [7, 11) is 1.65. The fourth-order valence-corrected chi connectivity index (χ4v) is 3.50. The maximum atomic E-state index is 12.3. The van der Waals surface area contributed by atoms with Gasteiger partial charge in [0.1, 0.15) is 5.52 Å². The van der Waals surface area contributed by atoms with Gasteiger partial charge in [0, 0.05) is 24.3 Å². The minimum Gasteiger partial charge on any atom is -0.351 e. The van der Waals surface area contributed by atoms with Crippen molar-refractivity contribution < 1.29 is 4.79 Å². The number of carbonyl (C=O) groups is 1. The molecule has 0 unspecified atom stereocenters. The first-order valence-corrected chi connectivity index (χ1v) is 9.28. The summed E-state index contributed by atoms with van der Waals surface area (Å²) in [6.07, 6.45) is 1.62. The zero-order valence-electron chi connectivity index (χ0n) is 13.4. The molecule has 0 spiro atoms. The van der Waals surface area contributed by atoms with Gasteiger partial charge in [-0.2, -0.15) is 0 Å². The average Bonchev–Trinajstić information content (AvgIpc) is 2.62. The summed E-state index contributed by atoms with van der Waals surface area (Å²) in [5, 5.41) is 3.13. The Morgan fingerprint density at radius 3 is 2.96 bits per heavy atom. The van der Waals surface area contributed by atoms with Crippen LogP contribution in [0.5, 0.6) is 0 Å². The largest absolute Gasteiger partial charge is 0.351 e. The molecule has 1 amide bonds. The van der Waals surface area contributed by atoms with Crippen LogP contribution in [0.2, 0.25) is 0 Å². The van der Waals surface area contributed by atoms with Crippen molar-refractivity contribution in [1.29, 1.82) is 0 Å². The lowest BCUT2D eigenvalue weighted by Crippen LogP contribution is -2.26. The number of thioether (sulfide) groups is 1. The number of rotatable bonds is 5. The Bertz CT molecular complexity index is 990. The highest BCUT2D eigenvalue weighted by Gasteiger charge is 2.11. The van der Waals surface area contributed by atoms with Gasteiger partial charge in [-0.1, -0.05) is 39.8 Å². The quantitative estimate of drug-likeness (QED) is 0.644. The third kappa shape index (κ3) is 4.26. The number of aryl methyl sites for hydroxylation is 1. The fourth-order valence-electron chi connectivity index (χ4n) is 2.26. The van der Waals surface area contributed by atoms with Gasteiger partial charge in [0.25, 0.3) is 5.56 Å². The lowest BCUT2D eigenvalue weighted by atomic mass is 10.2. The lowest BCUT2D eigenvalue weighted by Gasteiger charge is -2.07. The van der Waals surface area contributed by atoms with E-state index in [2.05, 4.69) is 31.2 Å². The van der Waals surface area contributed by atoms with Gasteiger partial charge in [0.05, 0.1) is 5.75 Å². The number of halogens is 1. The van der Waals surface area contributed by atoms with Crippen molar-refractivity contribution in [3.63, 3.8) is 0 Å². The molecule has 8 heteroatoms. The number of amides is 1. The first kappa shape index (κ1) is 17.6. The highest BCUT2D eigenvalue weighted by Crippen LogP contribution is 2.15. The third-order valence-corrected chi connectivity index (χ3v) is 4.95. The summed E-state index contributed by atoms with van der Waals surface area (Å²) < 4.78 is 2.41. The second kappa shape index (κ2) is 7.79. The van der Waals surface area contributed by atoms with Crippen LogP contribution in [0.1, 0.15) is 5.56 Å². The molecule has 0 bridgehead atoms. The number of hydrogen-bond donors (Lipinski definition) is 1. The minimum absolute atomic E-state index is 0.127. The lowest BCUT2D eigenvalue weighted by molar-refractivity contribution is -0.118. The summed E-state index contributed by atoms with van der Waals surface area (Å²) in [4.78, 5) is 32.8. The molecule has 2 heterocycles. The van der Waals surface area contributed by atoms with E-state index in [4.69, 9.17) is 0 Å². The van der Waals surface area contributed by atoms with Crippen molar-refractivity contribution >= 4 is 44.8 Å². The molecule has 0 aliphatic rings. The van der Waals surface area contributed by atoms with E-state index in [9.17, 15) is 9.59 Å². The van der Waals surface area contributed by atoms with Crippen LogP contribution in [0.25, 0.3) is 11.2 Å². The van der Waals surface area contributed by atoms with E-state index in [-0.39, 0.29) is 17.2 Å². The molecule has 25 heavy (non-hydrogen) atoms. The molecule has 2 aromatic heterocycles. The van der Waals surface area contributed by atoms with Crippen LogP contribution in [0.15, 0.2) is 56.9 Å². The van der Waals surface area contributed by atoms with Crippen LogP contribution in [0.4, 0.5) is 0 Å². The van der Waals surface area contributed by atoms with Gasteiger partial charge in [-0.3, -0.25) is 14.2 Å². The molecule has 0 radical (unpaired) electrons. The molecule has 0 aliphatic carbocycles. The monoisotopic (exact) mass is 418 g/mol. The van der Waals surface area contributed by atoms with E-state index in [1.54, 1.807) is 25.4 Å². The number of carbonyl (C=O) groups excluding carboxylic acids is 1. The van der Waals surface area contributed by atoms with Crippen LogP contribution >= 0.6 is 27.7 Å². The van der Waals surface area contributed by atoms with Crippen molar-refractivity contribution in [3.05, 3.63) is 63.0 Å². The third-order valence-electron chi connectivity index (χ3n) is 3.51. The molecule has 3 rings (SSSR count). The van der Waals surface area contributed by atoms with Crippen molar-refractivity contribution in [2.75, 3.05) is 5.75 Å². The molecule has 0 aliphatic heterocycles. The van der Waals surface area contributed by atoms with E-state index in [0.717, 1.165) is 21.8 Å². The van der Waals surface area contributed by atoms with Gasteiger partial charge >= 0.3 is 0 Å². The van der Waals surface area contributed by atoms with E-state index in [1.165, 1.54) is 4.57 Å². The standard InChI is InChI=1S/C17H15BrN4O2S/c1-22-15-13(6-3-7-19-15)21-16(17(22)24)25-10-14(23)20-9-11-4-2-5-12(18)8-11/h2-8H,9-10H2,1H3,(H,20,23). The van der Waals surface area contributed by atoms with Gasteiger partial charge in [-0.25, -0.2) is 9.97 Å². The van der Waals surface area contributed by atoms with Gasteiger partial charge in [-0.15, -0.1) is 0 Å². The Morgan fingerprint density at radius 2 is 2.16 bits per heavy atom. The molecule has 1 N–H and O–H groups in total. The Kier molecular flexibility index (Phi) is 5.50. The average molecular weight is 419 g/mol. The Morgan fingerprint density at radius 1 is 1.32 bits per heavy atom. The van der Waals surface area contributed by atoms with Gasteiger partial charge in [0.2, 0.25) is 5.91 Å². The second-order valence-corrected chi connectivity index (χ2v) is 7.20. The smallest absolute Gasteiger partial charge is 0.284 e. The SMILES string of the molecule is Cn1c(=O)c(SCC(=O)NCc2cccc(Br)c2)nc2cccnc21. The Hall–Kier alpha value is -2.19. The van der Waals surface area contributed by atoms with Crippen molar-refractivity contribution in [2.24, 2.45) is 7.05 Å². The number of benzene rings is 1. The maximum absolute atomic E-state index is 12.3. The summed E-state index contributed by atoms with van der Waals surface area (Å²) in [5.74, 6) is -0.0257. The van der Waals surface area contributed by atoms with Crippen LogP contribution in [0, 0.1) is 0 Å². The van der Waals surface area contributed by atoms with Gasteiger partial charge in [0.15, 0.2) is 10.7 Å². The Labute approximate surface area is 156 Å². The second-order valence-electron chi connectivity index (χ2n) is 5.32. The molecule has 0 saturated heterocycles. The normalized spacial score (nSPS) is 10.8. The summed E-state index contributed by atoms with van der Waals surface area (Å²) >= 11 is 4.53. The van der Waals surface area contributed by atoms with Crippen LogP contribution in [-0.4, -0.2) is 26.2 Å². The number of nitrogens with zero attached hydrogens (tertiary/aromatic N) is 3. The first-order valence-electron chi connectivity index (χ1n) is 7.50. The molecule has 6 nitrogen and oxygen atoms in total. The fraction of sp³-hybridized carbons (Fsp3) is 0.176. The molecule has 128 valence electrons. The number of fused-ring (bicyclic) bond motifs is 1. The Balaban J connectivity index is 1.65. The first-order chi connectivity index (χ1) is 12.0. The maximum Gasteiger partial charge on any atom is 0.284 e. The van der Waals surface area contributed by atoms with Crippen LogP contribution < -0.4 is 10.9 Å². The molecule has 0 atom stereocenters. The summed E-state index contributed by atoms with van der Waals surface area (Å²) in [5.41, 5.74) is 1.90. The topological polar surface area (TPSA) is 76.9 Å². The molecule has 0 saturated carbocycles. The minimum atomic E-state index is -0.254. The van der Waals surface area contributed by atoms with E-state index >= 15 is 0 Å². The molecule has 1 aromatic carbocycles. The van der Waals surface area contributed by atoms with Crippen LogP contribution in [-0.2, 0) is 18.4 Å². The van der Waals surface area contributed by atoms with Gasteiger partial charge in [-0.05, 0) is 29.8 Å². The van der Waals surface area contributed by atoms with Crippen molar-refractivity contribution in [2.45, 2.75) is 11.6 Å². The van der Waals surface area contributed by atoms with Crippen molar-refractivity contribution in [3.8, 4) is 0 Å². The van der Waals surface area contributed by atoms with E-state index < -0.39 is 0 Å². The zero-order chi connectivity index (χ0) is 17.8. The number of hydrogen-bond acceptors (Lipinski definition) is 5. The number of pyridine rings is 1. The molecule has 0 fully saturated rings. The predicted octanol–water partition coefficient (Wildman–Crippen LogP) is 2.50. The van der Waals surface area contributed by atoms with E-state index in [1.807, 2.05) is 24.3 Å². The summed E-state index contributed by atoms with van der Waals surface area (Å²) in [6, 6.07) is 11.3. The number of nitrogens with one attached hydrogen (secondary N) is 1. The molecule has 3 aromatic rings. The molecular weight excluding hydrogens is 404 g/mol. The van der Waals surface area contributed by atoms with Crippen molar-refractivity contribution in [1.82, 2.24) is 19.9 Å². The van der Waals surface area contributed by atoms with Gasteiger partial charge < -0.3 is 5.32 Å².